The van der Waals surface area contributed by atoms with Crippen molar-refractivity contribution in [1.29, 1.82) is 0 Å². The number of rotatable bonds is 6. The maximum atomic E-state index is 11.7. The zero-order valence-corrected chi connectivity index (χ0v) is 11.8. The van der Waals surface area contributed by atoms with Gasteiger partial charge >= 0.3 is 7.82 Å². The number of phosphoric acid groups is 1. The van der Waals surface area contributed by atoms with Crippen molar-refractivity contribution in [2.75, 3.05) is 12.0 Å². The lowest BCUT2D eigenvalue weighted by Gasteiger charge is -2.13. The zero-order valence-electron chi connectivity index (χ0n) is 10.9. The molecule has 0 bridgehead atoms. The van der Waals surface area contributed by atoms with Gasteiger partial charge in [-0.05, 0) is 25.1 Å². The average molecular weight is 294 g/mol. The highest BCUT2D eigenvalue weighted by Crippen LogP contribution is 2.42. The first-order valence-corrected chi connectivity index (χ1v) is 7.44. The van der Waals surface area contributed by atoms with E-state index in [4.69, 9.17) is 9.05 Å². The number of phosphoric ester groups is 1. The lowest BCUT2D eigenvalue weighted by molar-refractivity contribution is 0.213. The van der Waals surface area contributed by atoms with Crippen LogP contribution in [0, 0.1) is 6.92 Å². The molecular weight excluding hydrogens is 279 g/mol. The molecule has 1 aromatic carbocycles. The third-order valence-corrected chi connectivity index (χ3v) is 3.22. The number of hydrogen-bond donors (Lipinski definition) is 2. The van der Waals surface area contributed by atoms with E-state index in [-0.39, 0.29) is 12.6 Å². The molecule has 1 atom stereocenters. The summed E-state index contributed by atoms with van der Waals surface area (Å²) in [5, 5.41) is 2.84. The summed E-state index contributed by atoms with van der Waals surface area (Å²) in [5.74, 6) is 0.0514. The molecule has 0 aliphatic heterocycles. The molecule has 7 heteroatoms. The molecule has 1 unspecified atom stereocenters. The highest BCUT2D eigenvalue weighted by molar-refractivity contribution is 7.47. The molecule has 0 spiro atoms. The van der Waals surface area contributed by atoms with Crippen LogP contribution in [0.3, 0.4) is 0 Å². The summed E-state index contributed by atoms with van der Waals surface area (Å²) in [6.07, 6.45) is 0. The van der Waals surface area contributed by atoms with Crippen LogP contribution in [0.15, 0.2) is 48.5 Å². The van der Waals surface area contributed by atoms with E-state index in [1.807, 2.05) is 30.3 Å². The number of hydrogen-bond acceptors (Lipinski definition) is 5. The number of pyridine rings is 1. The highest BCUT2D eigenvalue weighted by atomic mass is 31.2. The summed E-state index contributed by atoms with van der Waals surface area (Å²) in [7, 11) is -4.20. The number of aryl methyl sites for hydroxylation is 1. The van der Waals surface area contributed by atoms with E-state index in [1.165, 1.54) is 6.07 Å². The Bertz CT molecular complexity index is 606. The fourth-order valence-corrected chi connectivity index (χ4v) is 2.09. The predicted octanol–water partition coefficient (Wildman–Crippen LogP) is 2.96. The topological polar surface area (TPSA) is 80.7 Å². The molecule has 106 valence electrons. The van der Waals surface area contributed by atoms with E-state index in [0.717, 1.165) is 5.69 Å². The Morgan fingerprint density at radius 1 is 1.20 bits per heavy atom. The number of aromatic nitrogens is 1. The van der Waals surface area contributed by atoms with Crippen LogP contribution in [0.4, 0.5) is 5.69 Å². The standard InChI is InChI=1S/C13H15N2O4P/c1-11-6-5-9-13(15-11)19-20(16,17)18-10-14-12-7-3-2-4-8-12/h2-9,14H,10H2,1H3,(H,16,17). The number of nitrogens with one attached hydrogen (secondary N) is 1. The maximum Gasteiger partial charge on any atom is 0.530 e. The molecule has 0 aliphatic rings. The van der Waals surface area contributed by atoms with Crippen LogP contribution in [0.25, 0.3) is 0 Å². The van der Waals surface area contributed by atoms with Gasteiger partial charge in [-0.3, -0.25) is 9.42 Å². The lowest BCUT2D eigenvalue weighted by atomic mass is 10.3. The summed E-state index contributed by atoms with van der Waals surface area (Å²) >= 11 is 0. The largest absolute Gasteiger partial charge is 0.530 e. The summed E-state index contributed by atoms with van der Waals surface area (Å²) in [5.41, 5.74) is 1.46. The van der Waals surface area contributed by atoms with E-state index < -0.39 is 7.82 Å². The van der Waals surface area contributed by atoms with Gasteiger partial charge in [-0.25, -0.2) is 9.55 Å². The van der Waals surface area contributed by atoms with E-state index >= 15 is 0 Å². The van der Waals surface area contributed by atoms with E-state index in [0.29, 0.717) is 5.69 Å². The van der Waals surface area contributed by atoms with Gasteiger partial charge < -0.3 is 9.84 Å². The highest BCUT2D eigenvalue weighted by Gasteiger charge is 2.23. The van der Waals surface area contributed by atoms with Crippen LogP contribution < -0.4 is 9.84 Å². The number of benzene rings is 1. The smallest absolute Gasteiger partial charge is 0.386 e. The summed E-state index contributed by atoms with van der Waals surface area (Å²) in [6.45, 7) is 1.61. The molecule has 1 aromatic heterocycles. The molecule has 0 saturated heterocycles. The molecule has 1 heterocycles. The van der Waals surface area contributed by atoms with Crippen molar-refractivity contribution in [3.8, 4) is 5.88 Å². The zero-order chi connectivity index (χ0) is 14.4. The molecule has 20 heavy (non-hydrogen) atoms. The minimum atomic E-state index is -4.20. The Morgan fingerprint density at radius 3 is 2.65 bits per heavy atom. The first kappa shape index (κ1) is 14.5. The van der Waals surface area contributed by atoms with Crippen molar-refractivity contribution in [2.24, 2.45) is 0 Å². The van der Waals surface area contributed by atoms with Crippen molar-refractivity contribution in [1.82, 2.24) is 4.98 Å². The Labute approximate surface area is 117 Å². The monoisotopic (exact) mass is 294 g/mol. The van der Waals surface area contributed by atoms with E-state index in [9.17, 15) is 9.46 Å². The second-order valence-corrected chi connectivity index (χ2v) is 5.37. The third kappa shape index (κ3) is 4.66. The van der Waals surface area contributed by atoms with Crippen LogP contribution in [0.5, 0.6) is 5.88 Å². The van der Waals surface area contributed by atoms with Gasteiger partial charge in [0.2, 0.25) is 5.88 Å². The van der Waals surface area contributed by atoms with Crippen molar-refractivity contribution in [2.45, 2.75) is 6.92 Å². The number of anilines is 1. The summed E-state index contributed by atoms with van der Waals surface area (Å²) in [6, 6.07) is 14.1. The van der Waals surface area contributed by atoms with Crippen molar-refractivity contribution in [3.63, 3.8) is 0 Å². The van der Waals surface area contributed by atoms with E-state index in [2.05, 4.69) is 10.3 Å². The Hall–Kier alpha value is -1.88. The Balaban J connectivity index is 1.86. The first-order chi connectivity index (χ1) is 9.55. The molecule has 2 N–H and O–H groups in total. The van der Waals surface area contributed by atoms with Gasteiger partial charge in [0.1, 0.15) is 6.73 Å². The molecule has 0 amide bonds. The van der Waals surface area contributed by atoms with Crippen molar-refractivity contribution < 1.29 is 18.5 Å². The molecule has 0 saturated carbocycles. The summed E-state index contributed by atoms with van der Waals surface area (Å²) < 4.78 is 21.4. The fourth-order valence-electron chi connectivity index (χ4n) is 1.47. The molecule has 2 aromatic rings. The minimum Gasteiger partial charge on any atom is -0.386 e. The van der Waals surface area contributed by atoms with Crippen molar-refractivity contribution in [3.05, 3.63) is 54.2 Å². The van der Waals surface area contributed by atoms with Crippen LogP contribution in [-0.2, 0) is 9.09 Å². The van der Waals surface area contributed by atoms with Crippen LogP contribution >= 0.6 is 7.82 Å². The molecule has 6 nitrogen and oxygen atoms in total. The van der Waals surface area contributed by atoms with Gasteiger partial charge in [0, 0.05) is 17.4 Å². The van der Waals surface area contributed by atoms with Gasteiger partial charge in [-0.15, -0.1) is 0 Å². The van der Waals surface area contributed by atoms with Gasteiger partial charge in [0.05, 0.1) is 0 Å². The third-order valence-electron chi connectivity index (χ3n) is 2.35. The van der Waals surface area contributed by atoms with Gasteiger partial charge in [-0.1, -0.05) is 24.3 Å². The van der Waals surface area contributed by atoms with Crippen LogP contribution in [0.1, 0.15) is 5.69 Å². The number of nitrogens with zero attached hydrogens (tertiary/aromatic N) is 1. The van der Waals surface area contributed by atoms with Gasteiger partial charge in [-0.2, -0.15) is 0 Å². The molecule has 0 aliphatic carbocycles. The van der Waals surface area contributed by atoms with Crippen LogP contribution in [0.2, 0.25) is 0 Å². The first-order valence-electron chi connectivity index (χ1n) is 5.95. The summed E-state index contributed by atoms with van der Waals surface area (Å²) in [4.78, 5) is 13.5. The van der Waals surface area contributed by atoms with Gasteiger partial charge in [0.15, 0.2) is 0 Å². The SMILES string of the molecule is Cc1cccc(OP(=O)(O)OCNc2ccccc2)n1. The molecule has 0 fully saturated rings. The molecule has 2 rings (SSSR count). The Kier molecular flexibility index (Phi) is 4.74. The quantitative estimate of drug-likeness (QED) is 0.629. The van der Waals surface area contributed by atoms with Crippen LogP contribution in [-0.4, -0.2) is 16.6 Å². The maximum absolute atomic E-state index is 11.7. The minimum absolute atomic E-state index is 0.0514. The second kappa shape index (κ2) is 6.52. The fraction of sp³-hybridized carbons (Fsp3) is 0.154. The van der Waals surface area contributed by atoms with Gasteiger partial charge in [0.25, 0.3) is 0 Å². The molecular formula is C13H15N2O4P. The lowest BCUT2D eigenvalue weighted by Crippen LogP contribution is -2.07. The average Bonchev–Trinajstić information content (AvgIpc) is 2.39. The second-order valence-electron chi connectivity index (χ2n) is 3.99. The number of para-hydroxylation sites is 1. The van der Waals surface area contributed by atoms with Crippen molar-refractivity contribution >= 4 is 13.5 Å². The normalized spacial score (nSPS) is 13.5. The Morgan fingerprint density at radius 2 is 1.95 bits per heavy atom. The predicted molar refractivity (Wildman–Crippen MR) is 75.4 cm³/mol. The molecule has 0 radical (unpaired) electrons. The van der Waals surface area contributed by atoms with E-state index in [1.54, 1.807) is 19.1 Å².